The lowest BCUT2D eigenvalue weighted by molar-refractivity contribution is -0.136. The molecule has 0 aliphatic heterocycles. The van der Waals surface area contributed by atoms with Gasteiger partial charge < -0.3 is 9.67 Å². The molecule has 0 saturated carbocycles. The Bertz CT molecular complexity index is 1050. The zero-order valence-corrected chi connectivity index (χ0v) is 15.1. The van der Waals surface area contributed by atoms with Crippen LogP contribution in [0.3, 0.4) is 0 Å². The van der Waals surface area contributed by atoms with Crippen molar-refractivity contribution < 1.29 is 14.3 Å². The number of carboxylic acid groups (broad SMARTS) is 1. The Labute approximate surface area is 155 Å². The van der Waals surface area contributed by atoms with Gasteiger partial charge in [-0.3, -0.25) is 9.59 Å². The van der Waals surface area contributed by atoms with Gasteiger partial charge in [0, 0.05) is 15.9 Å². The molecular formula is C18H12BrClFNO3. The van der Waals surface area contributed by atoms with Gasteiger partial charge in [0.1, 0.15) is 5.82 Å². The Morgan fingerprint density at radius 1 is 1.20 bits per heavy atom. The topological polar surface area (TPSA) is 59.3 Å². The number of nitrogens with zero attached hydrogens (tertiary/aromatic N) is 1. The quantitative estimate of drug-likeness (QED) is 0.682. The van der Waals surface area contributed by atoms with E-state index in [1.807, 2.05) is 6.07 Å². The average Bonchev–Trinajstić information content (AvgIpc) is 2.54. The number of fused-ring (bicyclic) bond motifs is 1. The van der Waals surface area contributed by atoms with Gasteiger partial charge in [-0.05, 0) is 57.4 Å². The molecule has 0 unspecified atom stereocenters. The molecule has 1 aromatic heterocycles. The molecule has 3 aromatic rings. The minimum absolute atomic E-state index is 0.237. The van der Waals surface area contributed by atoms with Crippen LogP contribution in [0.25, 0.3) is 10.9 Å². The molecule has 0 aliphatic carbocycles. The summed E-state index contributed by atoms with van der Waals surface area (Å²) in [5, 5.41) is 9.95. The predicted molar refractivity (Wildman–Crippen MR) is 97.8 cm³/mol. The van der Waals surface area contributed by atoms with Crippen molar-refractivity contribution in [3.8, 4) is 0 Å². The first kappa shape index (κ1) is 17.6. The third-order valence-corrected chi connectivity index (χ3v) is 5.06. The van der Waals surface area contributed by atoms with Crippen LogP contribution in [0.2, 0.25) is 5.02 Å². The van der Waals surface area contributed by atoms with Crippen molar-refractivity contribution >= 4 is 44.4 Å². The summed E-state index contributed by atoms with van der Waals surface area (Å²) in [4.78, 5) is 23.5. The molecule has 0 saturated heterocycles. The number of benzene rings is 2. The number of carboxylic acids is 1. The maximum atomic E-state index is 13.7. The van der Waals surface area contributed by atoms with Gasteiger partial charge in [-0.15, -0.1) is 0 Å². The van der Waals surface area contributed by atoms with Crippen LogP contribution in [0.1, 0.15) is 11.1 Å². The summed E-state index contributed by atoms with van der Waals surface area (Å²) in [6.07, 6.45) is -0.347. The van der Waals surface area contributed by atoms with Crippen LogP contribution in [0, 0.1) is 5.82 Å². The molecule has 0 atom stereocenters. The van der Waals surface area contributed by atoms with Crippen molar-refractivity contribution in [2.75, 3.05) is 0 Å². The molecule has 0 bridgehead atoms. The highest BCUT2D eigenvalue weighted by Crippen LogP contribution is 2.25. The second kappa shape index (κ2) is 6.98. The van der Waals surface area contributed by atoms with Gasteiger partial charge in [-0.2, -0.15) is 0 Å². The molecular weight excluding hydrogens is 413 g/mol. The van der Waals surface area contributed by atoms with Crippen LogP contribution in [0.5, 0.6) is 0 Å². The van der Waals surface area contributed by atoms with E-state index in [1.165, 1.54) is 28.8 Å². The van der Waals surface area contributed by atoms with E-state index in [0.717, 1.165) is 10.0 Å². The average molecular weight is 425 g/mol. The second-order valence-electron chi connectivity index (χ2n) is 5.57. The van der Waals surface area contributed by atoms with Crippen LogP contribution >= 0.6 is 27.5 Å². The van der Waals surface area contributed by atoms with Crippen LogP contribution in [0.4, 0.5) is 4.39 Å². The molecule has 0 fully saturated rings. The van der Waals surface area contributed by atoms with E-state index in [9.17, 15) is 14.0 Å². The van der Waals surface area contributed by atoms with Gasteiger partial charge in [0.2, 0.25) is 0 Å². The second-order valence-corrected chi connectivity index (χ2v) is 6.84. The van der Waals surface area contributed by atoms with Gasteiger partial charge in [0.25, 0.3) is 5.56 Å². The van der Waals surface area contributed by atoms with E-state index in [0.29, 0.717) is 15.9 Å². The zero-order valence-electron chi connectivity index (χ0n) is 12.8. The molecule has 0 radical (unpaired) electrons. The molecule has 0 aliphatic rings. The smallest absolute Gasteiger partial charge is 0.307 e. The molecule has 4 nitrogen and oxygen atoms in total. The minimum Gasteiger partial charge on any atom is -0.481 e. The highest BCUT2D eigenvalue weighted by atomic mass is 79.9. The van der Waals surface area contributed by atoms with E-state index in [-0.39, 0.29) is 24.1 Å². The molecule has 25 heavy (non-hydrogen) atoms. The maximum Gasteiger partial charge on any atom is 0.307 e. The van der Waals surface area contributed by atoms with Gasteiger partial charge in [0.05, 0.1) is 23.5 Å². The summed E-state index contributed by atoms with van der Waals surface area (Å²) in [6.45, 7) is 0.237. The van der Waals surface area contributed by atoms with Crippen molar-refractivity contribution in [2.24, 2.45) is 0 Å². The molecule has 128 valence electrons. The van der Waals surface area contributed by atoms with E-state index in [2.05, 4.69) is 15.9 Å². The third kappa shape index (κ3) is 3.75. The molecule has 7 heteroatoms. The summed E-state index contributed by atoms with van der Waals surface area (Å²) in [6, 6.07) is 10.6. The first-order valence-corrected chi connectivity index (χ1v) is 8.50. The summed E-state index contributed by atoms with van der Waals surface area (Å²) < 4.78 is 15.9. The van der Waals surface area contributed by atoms with Gasteiger partial charge in [-0.25, -0.2) is 4.39 Å². The molecule has 0 amide bonds. The largest absolute Gasteiger partial charge is 0.481 e. The number of aromatic nitrogens is 1. The fourth-order valence-electron chi connectivity index (χ4n) is 2.72. The fourth-order valence-corrected chi connectivity index (χ4v) is 3.17. The molecule has 2 aromatic carbocycles. The maximum absolute atomic E-state index is 13.7. The third-order valence-electron chi connectivity index (χ3n) is 3.83. The number of pyridine rings is 1. The van der Waals surface area contributed by atoms with E-state index in [4.69, 9.17) is 16.7 Å². The van der Waals surface area contributed by atoms with Crippen LogP contribution in [0.15, 0.2) is 51.7 Å². The first-order chi connectivity index (χ1) is 11.8. The summed E-state index contributed by atoms with van der Waals surface area (Å²) >= 11 is 9.40. The summed E-state index contributed by atoms with van der Waals surface area (Å²) in [5.41, 5.74) is 1.21. The van der Waals surface area contributed by atoms with Crippen LogP contribution in [-0.2, 0) is 17.8 Å². The molecule has 1 heterocycles. The zero-order chi connectivity index (χ0) is 18.1. The summed E-state index contributed by atoms with van der Waals surface area (Å²) in [7, 11) is 0. The Kier molecular flexibility index (Phi) is 4.92. The Balaban J connectivity index is 2.18. The Morgan fingerprint density at radius 2 is 1.96 bits per heavy atom. The minimum atomic E-state index is -1.08. The van der Waals surface area contributed by atoms with E-state index >= 15 is 0 Å². The number of carbonyl (C=O) groups is 1. The molecule has 3 rings (SSSR count). The number of rotatable bonds is 4. The van der Waals surface area contributed by atoms with Crippen molar-refractivity contribution in [2.45, 2.75) is 13.0 Å². The summed E-state index contributed by atoms with van der Waals surface area (Å²) in [5.74, 6) is -1.57. The number of hydrogen-bond acceptors (Lipinski definition) is 2. The normalized spacial score (nSPS) is 11.0. The van der Waals surface area contributed by atoms with Crippen molar-refractivity contribution in [1.29, 1.82) is 0 Å². The lowest BCUT2D eigenvalue weighted by Gasteiger charge is -2.13. The van der Waals surface area contributed by atoms with Crippen LogP contribution in [-0.4, -0.2) is 15.6 Å². The number of aliphatic carboxylic acids is 1. The van der Waals surface area contributed by atoms with E-state index in [1.54, 1.807) is 12.1 Å². The van der Waals surface area contributed by atoms with Crippen molar-refractivity contribution in [1.82, 2.24) is 4.57 Å². The monoisotopic (exact) mass is 423 g/mol. The van der Waals surface area contributed by atoms with Crippen LogP contribution < -0.4 is 5.56 Å². The van der Waals surface area contributed by atoms with Crippen molar-refractivity contribution in [3.63, 3.8) is 0 Å². The van der Waals surface area contributed by atoms with Gasteiger partial charge >= 0.3 is 5.97 Å². The lowest BCUT2D eigenvalue weighted by atomic mass is 10.1. The Hall–Kier alpha value is -2.18. The standard InChI is InChI=1S/C18H12BrClFNO3/c19-14-3-1-10(5-15(14)20)9-22-16-4-2-12(21)8-13(16)11(6-17(22)23)7-18(24)25/h1-6,8H,7,9H2,(H,24,25). The van der Waals surface area contributed by atoms with Gasteiger partial charge in [0.15, 0.2) is 0 Å². The number of hydrogen-bond donors (Lipinski definition) is 1. The van der Waals surface area contributed by atoms with E-state index < -0.39 is 11.8 Å². The highest BCUT2D eigenvalue weighted by molar-refractivity contribution is 9.10. The first-order valence-electron chi connectivity index (χ1n) is 7.33. The molecule has 0 spiro atoms. The molecule has 1 N–H and O–H groups in total. The van der Waals surface area contributed by atoms with Crippen molar-refractivity contribution in [3.05, 3.63) is 79.3 Å². The number of halogens is 3. The lowest BCUT2D eigenvalue weighted by Crippen LogP contribution is -2.22. The predicted octanol–water partition coefficient (Wildman–Crippen LogP) is 4.23. The fraction of sp³-hybridized carbons (Fsp3) is 0.111. The highest BCUT2D eigenvalue weighted by Gasteiger charge is 2.13. The Morgan fingerprint density at radius 3 is 2.64 bits per heavy atom. The van der Waals surface area contributed by atoms with Gasteiger partial charge in [-0.1, -0.05) is 17.7 Å². The SMILES string of the molecule is O=C(O)Cc1cc(=O)n(Cc2ccc(Br)c(Cl)c2)c2ccc(F)cc12.